The Morgan fingerprint density at radius 3 is 3.10 bits per heavy atom. The van der Waals surface area contributed by atoms with E-state index in [1.165, 1.54) is 0 Å². The van der Waals surface area contributed by atoms with E-state index in [-0.39, 0.29) is 17.7 Å². The van der Waals surface area contributed by atoms with Crippen molar-refractivity contribution in [3.05, 3.63) is 28.5 Å². The van der Waals surface area contributed by atoms with E-state index < -0.39 is 0 Å². The predicted octanol–water partition coefficient (Wildman–Crippen LogP) is 2.21. The number of aromatic nitrogens is 2. The van der Waals surface area contributed by atoms with E-state index in [2.05, 4.69) is 31.0 Å². The van der Waals surface area contributed by atoms with E-state index in [0.717, 1.165) is 17.6 Å². The van der Waals surface area contributed by atoms with Gasteiger partial charge in [-0.3, -0.25) is 0 Å². The third kappa shape index (κ3) is 2.70. The van der Waals surface area contributed by atoms with Crippen LogP contribution in [0.3, 0.4) is 0 Å². The highest BCUT2D eigenvalue weighted by Gasteiger charge is 2.25. The molecule has 1 aliphatic heterocycles. The standard InChI is InChI=1S/C13H14BrN3O3/c1-17-4-5-19-11(7-17)12-15-13(20-16-12)9-6-8(14)2-3-10(9)18/h2-3,6,11,18H,4-5,7H2,1H3. The second-order valence-corrected chi connectivity index (χ2v) is 5.66. The van der Waals surface area contributed by atoms with Crippen molar-refractivity contribution < 1.29 is 14.4 Å². The Bertz CT molecular complexity index is 617. The van der Waals surface area contributed by atoms with Gasteiger partial charge in [-0.05, 0) is 25.2 Å². The Labute approximate surface area is 124 Å². The molecule has 0 bridgehead atoms. The fourth-order valence-electron chi connectivity index (χ4n) is 2.09. The summed E-state index contributed by atoms with van der Waals surface area (Å²) in [6.45, 7) is 2.27. The topological polar surface area (TPSA) is 71.6 Å². The molecule has 0 amide bonds. The Balaban J connectivity index is 1.88. The maximum absolute atomic E-state index is 9.86. The third-order valence-corrected chi connectivity index (χ3v) is 3.68. The number of aromatic hydroxyl groups is 1. The molecule has 106 valence electrons. The van der Waals surface area contributed by atoms with Crippen LogP contribution in [0.25, 0.3) is 11.5 Å². The highest BCUT2D eigenvalue weighted by Crippen LogP contribution is 2.31. The van der Waals surface area contributed by atoms with E-state index >= 15 is 0 Å². The van der Waals surface area contributed by atoms with Gasteiger partial charge in [0.1, 0.15) is 11.9 Å². The van der Waals surface area contributed by atoms with Crippen LogP contribution in [0.4, 0.5) is 0 Å². The number of benzene rings is 1. The zero-order chi connectivity index (χ0) is 14.1. The molecule has 1 saturated heterocycles. The molecule has 0 radical (unpaired) electrons. The highest BCUT2D eigenvalue weighted by molar-refractivity contribution is 9.10. The molecule has 3 rings (SSSR count). The Hall–Kier alpha value is -1.44. The zero-order valence-corrected chi connectivity index (χ0v) is 12.5. The van der Waals surface area contributed by atoms with Crippen molar-refractivity contribution in [1.29, 1.82) is 0 Å². The van der Waals surface area contributed by atoms with Crippen LogP contribution in [0.15, 0.2) is 27.2 Å². The lowest BCUT2D eigenvalue weighted by molar-refractivity contribution is -0.0264. The van der Waals surface area contributed by atoms with Crippen molar-refractivity contribution in [2.24, 2.45) is 0 Å². The molecule has 1 atom stereocenters. The number of rotatable bonds is 2. The molecule has 1 aromatic carbocycles. The minimum atomic E-state index is -0.194. The maximum atomic E-state index is 9.86. The molecule has 6 nitrogen and oxygen atoms in total. The predicted molar refractivity (Wildman–Crippen MR) is 75.3 cm³/mol. The molecule has 0 aliphatic carbocycles. The molecule has 2 aromatic rings. The molecule has 20 heavy (non-hydrogen) atoms. The van der Waals surface area contributed by atoms with Crippen LogP contribution in [0.2, 0.25) is 0 Å². The first-order valence-electron chi connectivity index (χ1n) is 6.26. The summed E-state index contributed by atoms with van der Waals surface area (Å²) in [5, 5.41) is 13.8. The summed E-state index contributed by atoms with van der Waals surface area (Å²) in [4.78, 5) is 6.48. The minimum absolute atomic E-state index is 0.102. The summed E-state index contributed by atoms with van der Waals surface area (Å²) in [5.41, 5.74) is 0.502. The number of morpholine rings is 1. The minimum Gasteiger partial charge on any atom is -0.507 e. The average molecular weight is 340 g/mol. The largest absolute Gasteiger partial charge is 0.507 e. The lowest BCUT2D eigenvalue weighted by Crippen LogP contribution is -2.35. The van der Waals surface area contributed by atoms with Crippen LogP contribution in [0.5, 0.6) is 5.75 Å². The van der Waals surface area contributed by atoms with E-state index in [1.807, 2.05) is 7.05 Å². The molecule has 0 saturated carbocycles. The molecule has 2 heterocycles. The van der Waals surface area contributed by atoms with Crippen molar-refractivity contribution in [3.63, 3.8) is 0 Å². The second kappa shape index (κ2) is 5.51. The van der Waals surface area contributed by atoms with Gasteiger partial charge in [-0.1, -0.05) is 21.1 Å². The summed E-state index contributed by atoms with van der Waals surface area (Å²) in [5.74, 6) is 0.895. The van der Waals surface area contributed by atoms with Gasteiger partial charge in [0.25, 0.3) is 5.89 Å². The molecule has 1 aromatic heterocycles. The van der Waals surface area contributed by atoms with Crippen LogP contribution in [0, 0.1) is 0 Å². The fraction of sp³-hybridized carbons (Fsp3) is 0.385. The van der Waals surface area contributed by atoms with Crippen molar-refractivity contribution in [2.45, 2.75) is 6.10 Å². The number of hydrogen-bond donors (Lipinski definition) is 1. The molecule has 0 spiro atoms. The summed E-state index contributed by atoms with van der Waals surface area (Å²) < 4.78 is 11.7. The SMILES string of the molecule is CN1CCOC(c2noc(-c3cc(Br)ccc3O)n2)C1. The van der Waals surface area contributed by atoms with Crippen molar-refractivity contribution in [3.8, 4) is 17.2 Å². The van der Waals surface area contributed by atoms with Crippen LogP contribution in [-0.4, -0.2) is 46.9 Å². The Morgan fingerprint density at radius 2 is 2.30 bits per heavy atom. The average Bonchev–Trinajstić information content (AvgIpc) is 2.91. The van der Waals surface area contributed by atoms with Gasteiger partial charge in [0.05, 0.1) is 12.2 Å². The summed E-state index contributed by atoms with van der Waals surface area (Å²) in [7, 11) is 2.02. The van der Waals surface area contributed by atoms with Gasteiger partial charge in [0.2, 0.25) is 5.82 Å². The quantitative estimate of drug-likeness (QED) is 0.904. The molecule has 1 aliphatic rings. The number of likely N-dealkylation sites (N-methyl/N-ethyl adjacent to an activating group) is 1. The van der Waals surface area contributed by atoms with Crippen molar-refractivity contribution >= 4 is 15.9 Å². The van der Waals surface area contributed by atoms with Crippen LogP contribution in [0.1, 0.15) is 11.9 Å². The number of hydrogen-bond acceptors (Lipinski definition) is 6. The number of ether oxygens (including phenoxy) is 1. The van der Waals surface area contributed by atoms with Gasteiger partial charge in [-0.25, -0.2) is 0 Å². The first-order valence-corrected chi connectivity index (χ1v) is 7.05. The molecule has 1 unspecified atom stereocenters. The van der Waals surface area contributed by atoms with Crippen LogP contribution >= 0.6 is 15.9 Å². The lowest BCUT2D eigenvalue weighted by Gasteiger charge is -2.27. The zero-order valence-electron chi connectivity index (χ0n) is 10.9. The van der Waals surface area contributed by atoms with Gasteiger partial charge in [0.15, 0.2) is 0 Å². The first kappa shape index (κ1) is 13.5. The fourth-order valence-corrected chi connectivity index (χ4v) is 2.45. The normalized spacial score (nSPS) is 20.2. The van der Waals surface area contributed by atoms with Gasteiger partial charge in [-0.2, -0.15) is 4.98 Å². The van der Waals surface area contributed by atoms with Crippen molar-refractivity contribution in [2.75, 3.05) is 26.7 Å². The number of phenols is 1. The third-order valence-electron chi connectivity index (χ3n) is 3.19. The van der Waals surface area contributed by atoms with Crippen molar-refractivity contribution in [1.82, 2.24) is 15.0 Å². The van der Waals surface area contributed by atoms with E-state index in [4.69, 9.17) is 9.26 Å². The van der Waals surface area contributed by atoms with Crippen LogP contribution in [-0.2, 0) is 4.74 Å². The summed E-state index contributed by atoms with van der Waals surface area (Å²) in [6, 6.07) is 5.06. The van der Waals surface area contributed by atoms with Gasteiger partial charge in [0, 0.05) is 17.6 Å². The Morgan fingerprint density at radius 1 is 1.45 bits per heavy atom. The molecule has 1 fully saturated rings. The molecule has 1 N–H and O–H groups in total. The molecule has 7 heteroatoms. The second-order valence-electron chi connectivity index (χ2n) is 4.74. The first-order chi connectivity index (χ1) is 9.63. The van der Waals surface area contributed by atoms with Gasteiger partial charge < -0.3 is 19.3 Å². The van der Waals surface area contributed by atoms with Gasteiger partial charge in [-0.15, -0.1) is 0 Å². The molecular formula is C13H14BrN3O3. The number of halogens is 1. The monoisotopic (exact) mass is 339 g/mol. The van der Waals surface area contributed by atoms with E-state index in [1.54, 1.807) is 18.2 Å². The number of phenolic OH excluding ortho intramolecular Hbond substituents is 1. The summed E-state index contributed by atoms with van der Waals surface area (Å²) >= 11 is 3.35. The molecular weight excluding hydrogens is 326 g/mol. The Kier molecular flexibility index (Phi) is 3.73. The smallest absolute Gasteiger partial charge is 0.261 e. The highest BCUT2D eigenvalue weighted by atomic mass is 79.9. The maximum Gasteiger partial charge on any atom is 0.261 e. The van der Waals surface area contributed by atoms with E-state index in [0.29, 0.717) is 18.0 Å². The number of nitrogens with zero attached hydrogens (tertiary/aromatic N) is 3. The van der Waals surface area contributed by atoms with E-state index in [9.17, 15) is 5.11 Å². The lowest BCUT2D eigenvalue weighted by atomic mass is 10.2. The summed E-state index contributed by atoms with van der Waals surface area (Å²) in [6.07, 6.45) is -0.194. The van der Waals surface area contributed by atoms with Gasteiger partial charge >= 0.3 is 0 Å². The van der Waals surface area contributed by atoms with Crippen LogP contribution < -0.4 is 0 Å².